The first-order valence-electron chi connectivity index (χ1n) is 15.8. The van der Waals surface area contributed by atoms with Crippen LogP contribution in [0.5, 0.6) is 11.6 Å². The van der Waals surface area contributed by atoms with E-state index in [1.54, 1.807) is 38.4 Å². The van der Waals surface area contributed by atoms with E-state index in [0.29, 0.717) is 75.4 Å². The molecule has 2 aromatic carbocycles. The van der Waals surface area contributed by atoms with Crippen LogP contribution < -0.4 is 14.8 Å². The molecule has 0 radical (unpaired) electrons. The van der Waals surface area contributed by atoms with Crippen molar-refractivity contribution in [3.05, 3.63) is 82.0 Å². The van der Waals surface area contributed by atoms with Crippen LogP contribution in [-0.2, 0) is 17.9 Å². The highest BCUT2D eigenvalue weighted by Crippen LogP contribution is 2.42. The quantitative estimate of drug-likeness (QED) is 0.145. The largest absolute Gasteiger partial charge is 0.496 e. The molecule has 2 aromatic heterocycles. The van der Waals surface area contributed by atoms with E-state index in [9.17, 15) is 19.8 Å². The smallest absolute Gasteiger partial charge is 0.407 e. The van der Waals surface area contributed by atoms with Gasteiger partial charge in [0.1, 0.15) is 5.75 Å². The molecule has 2 atom stereocenters. The van der Waals surface area contributed by atoms with E-state index in [-0.39, 0.29) is 30.9 Å². The molecule has 0 bridgehead atoms. The Morgan fingerprint density at radius 2 is 1.76 bits per heavy atom. The Hall–Kier alpha value is -4.42. The minimum absolute atomic E-state index is 0.0334. The summed E-state index contributed by atoms with van der Waals surface area (Å²) in [5, 5.41) is 23.2. The van der Waals surface area contributed by atoms with Crippen LogP contribution in [0, 0.1) is 0 Å². The third-order valence-electron chi connectivity index (χ3n) is 8.32. The van der Waals surface area contributed by atoms with E-state index in [2.05, 4.69) is 10.3 Å². The number of halogens is 2. The zero-order valence-corrected chi connectivity index (χ0v) is 29.3. The maximum atomic E-state index is 12.0. The number of aliphatic hydroxyl groups excluding tert-OH is 1. The predicted molar refractivity (Wildman–Crippen MR) is 189 cm³/mol. The second kappa shape index (κ2) is 15.9. The summed E-state index contributed by atoms with van der Waals surface area (Å²) in [4.78, 5) is 36.2. The number of amides is 2. The molecule has 258 valence electrons. The van der Waals surface area contributed by atoms with Crippen molar-refractivity contribution in [2.45, 2.75) is 45.0 Å². The van der Waals surface area contributed by atoms with Gasteiger partial charge in [-0.1, -0.05) is 53.5 Å². The molecular formula is C36H39Cl2N5O6. The molecule has 49 heavy (non-hydrogen) atoms. The van der Waals surface area contributed by atoms with Gasteiger partial charge < -0.3 is 29.9 Å². The van der Waals surface area contributed by atoms with Gasteiger partial charge in [-0.2, -0.15) is 0 Å². The number of carboxylic acid groups (broad SMARTS) is 1. The second-order valence-electron chi connectivity index (χ2n) is 12.1. The van der Waals surface area contributed by atoms with Gasteiger partial charge in [0.05, 0.1) is 48.3 Å². The van der Waals surface area contributed by atoms with Gasteiger partial charge in [0, 0.05) is 71.7 Å². The molecule has 1 unspecified atom stereocenters. The molecule has 1 saturated heterocycles. The Kier molecular flexibility index (Phi) is 11.6. The van der Waals surface area contributed by atoms with E-state index in [4.69, 9.17) is 37.7 Å². The molecule has 3 heterocycles. The van der Waals surface area contributed by atoms with Gasteiger partial charge in [0.25, 0.3) is 0 Å². The molecule has 1 fully saturated rings. The summed E-state index contributed by atoms with van der Waals surface area (Å²) in [5.74, 6) is 0.864. The average molecular weight is 709 g/mol. The summed E-state index contributed by atoms with van der Waals surface area (Å²) in [5.41, 5.74) is 5.39. The Morgan fingerprint density at radius 1 is 1.02 bits per heavy atom. The highest BCUT2D eigenvalue weighted by molar-refractivity contribution is 6.39. The summed E-state index contributed by atoms with van der Waals surface area (Å²) in [6.45, 7) is 3.06. The monoisotopic (exact) mass is 707 g/mol. The van der Waals surface area contributed by atoms with Crippen molar-refractivity contribution < 1.29 is 29.3 Å². The maximum absolute atomic E-state index is 12.0. The summed E-state index contributed by atoms with van der Waals surface area (Å²) < 4.78 is 11.3. The first-order chi connectivity index (χ1) is 23.5. The third-order valence-corrected chi connectivity index (χ3v) is 9.11. The highest BCUT2D eigenvalue weighted by atomic mass is 35.5. The first kappa shape index (κ1) is 35.9. The minimum Gasteiger partial charge on any atom is -0.496 e. The molecule has 0 spiro atoms. The Labute approximate surface area is 295 Å². The molecule has 0 aliphatic carbocycles. The predicted octanol–water partition coefficient (Wildman–Crippen LogP) is 6.37. The first-order valence-corrected chi connectivity index (χ1v) is 16.5. The van der Waals surface area contributed by atoms with Crippen LogP contribution in [0.4, 0.5) is 4.79 Å². The molecule has 0 saturated carbocycles. The van der Waals surface area contributed by atoms with Crippen molar-refractivity contribution >= 4 is 35.2 Å². The lowest BCUT2D eigenvalue weighted by molar-refractivity contribution is -0.119. The highest BCUT2D eigenvalue weighted by Gasteiger charge is 2.26. The van der Waals surface area contributed by atoms with Gasteiger partial charge in [-0.15, -0.1) is 0 Å². The van der Waals surface area contributed by atoms with E-state index in [0.717, 1.165) is 11.1 Å². The zero-order chi connectivity index (χ0) is 35.2. The number of benzene rings is 2. The average Bonchev–Trinajstić information content (AvgIpc) is 3.49. The van der Waals surface area contributed by atoms with Crippen molar-refractivity contribution in [1.82, 2.24) is 25.1 Å². The molecular weight excluding hydrogens is 669 g/mol. The number of pyridine rings is 2. The molecule has 1 aliphatic heterocycles. The number of carbonyl (C=O) groups excluding carboxylic acids is 1. The van der Waals surface area contributed by atoms with E-state index < -0.39 is 12.2 Å². The van der Waals surface area contributed by atoms with Gasteiger partial charge in [-0.3, -0.25) is 14.7 Å². The maximum Gasteiger partial charge on any atom is 0.407 e. The molecule has 4 aromatic rings. The fraction of sp³-hybridized carbons (Fsp3) is 0.333. The van der Waals surface area contributed by atoms with Crippen LogP contribution in [-0.4, -0.2) is 88.5 Å². The van der Waals surface area contributed by atoms with Gasteiger partial charge >= 0.3 is 6.09 Å². The van der Waals surface area contributed by atoms with Gasteiger partial charge in [-0.05, 0) is 44.7 Å². The summed E-state index contributed by atoms with van der Waals surface area (Å²) in [6, 6.07) is 16.5. The Morgan fingerprint density at radius 3 is 2.43 bits per heavy atom. The fourth-order valence-electron chi connectivity index (χ4n) is 6.03. The molecule has 13 heteroatoms. The van der Waals surface area contributed by atoms with Crippen LogP contribution >= 0.6 is 23.2 Å². The van der Waals surface area contributed by atoms with Crippen molar-refractivity contribution in [2.24, 2.45) is 0 Å². The number of likely N-dealkylation sites (N-methyl/N-ethyl adjacent to an activating group) is 1. The van der Waals surface area contributed by atoms with E-state index >= 15 is 0 Å². The lowest BCUT2D eigenvalue weighted by Crippen LogP contribution is -2.41. The molecule has 3 N–H and O–H groups in total. The molecule has 5 rings (SSSR count). The van der Waals surface area contributed by atoms with Crippen LogP contribution in [0.1, 0.15) is 30.9 Å². The topological polar surface area (TPSA) is 137 Å². The van der Waals surface area contributed by atoms with Gasteiger partial charge in [-0.25, -0.2) is 9.78 Å². The minimum atomic E-state index is -1.11. The standard InChI is InChI=1S/C36H39Cl2N5O6/c1-21(44)17-42(2)18-23-9-8-22(16-30(23)48-3)34-33(38)27(14-15-39-34)26-6-5-7-28(32(26)37)29-12-10-24(35(41-29)49-4)19-43(36(46)47)20-25-11-13-31(45)40-25/h5-10,12,14-16,21,25,44H,11,13,17-20H2,1-4H3,(H,40,45)(H,46,47)/t21?,25-/m0/s1. The lowest BCUT2D eigenvalue weighted by atomic mass is 9.99. The molecule has 11 nitrogen and oxygen atoms in total. The van der Waals surface area contributed by atoms with Crippen LogP contribution in [0.25, 0.3) is 33.6 Å². The summed E-state index contributed by atoms with van der Waals surface area (Å²) in [7, 11) is 5.03. The number of hydrogen-bond acceptors (Lipinski definition) is 8. The van der Waals surface area contributed by atoms with Crippen LogP contribution in [0.3, 0.4) is 0 Å². The van der Waals surface area contributed by atoms with Crippen LogP contribution in [0.15, 0.2) is 60.8 Å². The fourth-order valence-corrected chi connectivity index (χ4v) is 6.68. The van der Waals surface area contributed by atoms with E-state index in [1.807, 2.05) is 48.3 Å². The number of nitrogens with zero attached hydrogens (tertiary/aromatic N) is 4. The number of aliphatic hydroxyl groups is 1. The number of hydrogen-bond donors (Lipinski definition) is 3. The zero-order valence-electron chi connectivity index (χ0n) is 27.7. The number of ether oxygens (including phenoxy) is 2. The normalized spacial score (nSPS) is 14.9. The lowest BCUT2D eigenvalue weighted by Gasteiger charge is -2.23. The summed E-state index contributed by atoms with van der Waals surface area (Å²) >= 11 is 14.1. The van der Waals surface area contributed by atoms with Crippen LogP contribution in [0.2, 0.25) is 10.0 Å². The number of aromatic nitrogens is 2. The van der Waals surface area contributed by atoms with Crippen molar-refractivity contribution in [3.8, 4) is 45.3 Å². The third kappa shape index (κ3) is 8.42. The van der Waals surface area contributed by atoms with Gasteiger partial charge in [0.2, 0.25) is 11.8 Å². The van der Waals surface area contributed by atoms with Crippen molar-refractivity contribution in [1.29, 1.82) is 0 Å². The van der Waals surface area contributed by atoms with Crippen molar-refractivity contribution in [2.75, 3.05) is 34.4 Å². The Balaban J connectivity index is 1.43. The van der Waals surface area contributed by atoms with Crippen molar-refractivity contribution in [3.63, 3.8) is 0 Å². The summed E-state index contributed by atoms with van der Waals surface area (Å²) in [6.07, 6.45) is 1.09. The number of rotatable bonds is 13. The molecule has 2 amide bonds. The molecule has 1 aliphatic rings. The number of methoxy groups -OCH3 is 2. The number of carbonyl (C=O) groups is 2. The second-order valence-corrected chi connectivity index (χ2v) is 12.8. The number of nitrogens with one attached hydrogen (secondary N) is 1. The van der Waals surface area contributed by atoms with Gasteiger partial charge in [0.15, 0.2) is 0 Å². The Bertz CT molecular complexity index is 1840. The SMILES string of the molecule is COc1cc(-c2nccc(-c3cccc(-c4ccc(CN(C[C@@H]5CCC(=O)N5)C(=O)O)c(OC)n4)c3Cl)c2Cl)ccc1CN(C)CC(C)O. The van der Waals surface area contributed by atoms with E-state index in [1.165, 1.54) is 12.0 Å².